The molecule has 0 spiro atoms. The lowest BCUT2D eigenvalue weighted by Gasteiger charge is -2.07. The van der Waals surface area contributed by atoms with Crippen LogP contribution in [0.4, 0.5) is 4.39 Å². The summed E-state index contributed by atoms with van der Waals surface area (Å²) < 4.78 is 24.2. The van der Waals surface area contributed by atoms with Crippen LogP contribution in [0, 0.1) is 17.1 Å². The topological polar surface area (TPSA) is 68.0 Å². The van der Waals surface area contributed by atoms with Crippen molar-refractivity contribution in [2.45, 2.75) is 0 Å². The predicted octanol–water partition coefficient (Wildman–Crippen LogP) is 3.05. The van der Waals surface area contributed by atoms with Crippen LogP contribution >= 0.6 is 15.9 Å². The third-order valence-electron chi connectivity index (χ3n) is 2.17. The maximum atomic E-state index is 13.4. The molecule has 0 aliphatic rings. The average molecular weight is 324 g/mol. The van der Waals surface area contributed by atoms with E-state index in [-0.39, 0.29) is 23.2 Å². The third kappa shape index (κ3) is 2.80. The van der Waals surface area contributed by atoms with Crippen LogP contribution in [-0.4, -0.2) is 17.1 Å². The second-order valence-electron chi connectivity index (χ2n) is 3.34. The molecule has 0 aliphatic carbocycles. The van der Waals surface area contributed by atoms with E-state index in [0.29, 0.717) is 4.47 Å². The van der Waals surface area contributed by atoms with Crippen LogP contribution in [0.3, 0.4) is 0 Å². The molecule has 5 nitrogen and oxygen atoms in total. The first-order valence-electron chi connectivity index (χ1n) is 5.08. The second-order valence-corrected chi connectivity index (χ2v) is 4.19. The van der Waals surface area contributed by atoms with Crippen molar-refractivity contribution in [1.29, 1.82) is 5.26 Å². The zero-order valence-corrected chi connectivity index (χ0v) is 11.3. The highest BCUT2D eigenvalue weighted by Gasteiger charge is 2.12. The molecule has 0 aliphatic heterocycles. The van der Waals surface area contributed by atoms with E-state index in [9.17, 15) is 4.39 Å². The Bertz CT molecular complexity index is 658. The molecule has 0 radical (unpaired) electrons. The summed E-state index contributed by atoms with van der Waals surface area (Å²) in [6.07, 6.45) is 1.44. The van der Waals surface area contributed by atoms with Gasteiger partial charge in [-0.15, -0.1) is 0 Å². The van der Waals surface area contributed by atoms with E-state index >= 15 is 0 Å². The maximum Gasteiger partial charge on any atom is 0.325 e. The van der Waals surface area contributed by atoms with Gasteiger partial charge in [-0.2, -0.15) is 10.2 Å². The Balaban J connectivity index is 2.37. The Morgan fingerprint density at radius 2 is 2.21 bits per heavy atom. The Labute approximate surface area is 116 Å². The summed E-state index contributed by atoms with van der Waals surface area (Å²) in [5.74, 6) is -0.337. The van der Waals surface area contributed by atoms with Crippen molar-refractivity contribution in [1.82, 2.24) is 9.97 Å². The molecule has 0 amide bonds. The monoisotopic (exact) mass is 323 g/mol. The standard InChI is InChI=1S/C12H7BrFN3O2/c1-18-11-8(13)6-16-12(17-11)19-10-4-2-3-9(14)7(10)5-15/h2-4,6H,1H3. The number of nitrogens with zero attached hydrogens (tertiary/aromatic N) is 3. The summed E-state index contributed by atoms with van der Waals surface area (Å²) in [6.45, 7) is 0. The number of nitriles is 1. The molecule has 0 saturated heterocycles. The highest BCUT2D eigenvalue weighted by Crippen LogP contribution is 2.28. The van der Waals surface area contributed by atoms with Gasteiger partial charge >= 0.3 is 6.01 Å². The smallest absolute Gasteiger partial charge is 0.325 e. The molecule has 0 fully saturated rings. The van der Waals surface area contributed by atoms with Gasteiger partial charge in [0.25, 0.3) is 0 Å². The normalized spacial score (nSPS) is 9.79. The maximum absolute atomic E-state index is 13.4. The van der Waals surface area contributed by atoms with Crippen molar-refractivity contribution in [3.63, 3.8) is 0 Å². The van der Waals surface area contributed by atoms with E-state index in [4.69, 9.17) is 14.7 Å². The van der Waals surface area contributed by atoms with Gasteiger partial charge in [-0.1, -0.05) is 6.07 Å². The van der Waals surface area contributed by atoms with Crippen LogP contribution in [-0.2, 0) is 0 Å². The van der Waals surface area contributed by atoms with Gasteiger partial charge in [-0.25, -0.2) is 9.37 Å². The summed E-state index contributed by atoms with van der Waals surface area (Å²) in [7, 11) is 1.44. The molecule has 1 heterocycles. The van der Waals surface area contributed by atoms with Crippen molar-refractivity contribution in [3.8, 4) is 23.7 Å². The number of methoxy groups -OCH3 is 1. The second kappa shape index (κ2) is 5.63. The lowest BCUT2D eigenvalue weighted by atomic mass is 10.2. The SMILES string of the molecule is COc1nc(Oc2cccc(F)c2C#N)ncc1Br. The van der Waals surface area contributed by atoms with Gasteiger partial charge in [0.1, 0.15) is 17.4 Å². The fraction of sp³-hybridized carbons (Fsp3) is 0.0833. The van der Waals surface area contributed by atoms with Crippen molar-refractivity contribution in [2.75, 3.05) is 7.11 Å². The molecular formula is C12H7BrFN3O2. The number of hydrogen-bond acceptors (Lipinski definition) is 5. The van der Waals surface area contributed by atoms with Crippen LogP contribution in [0.25, 0.3) is 0 Å². The van der Waals surface area contributed by atoms with Crippen LogP contribution in [0.5, 0.6) is 17.6 Å². The van der Waals surface area contributed by atoms with Gasteiger partial charge in [-0.3, -0.25) is 0 Å². The molecule has 2 rings (SSSR count). The summed E-state index contributed by atoms with van der Waals surface area (Å²) in [5, 5.41) is 8.88. The number of halogens is 2. The first-order chi connectivity index (χ1) is 9.15. The van der Waals surface area contributed by atoms with Crippen molar-refractivity contribution in [2.24, 2.45) is 0 Å². The van der Waals surface area contributed by atoms with E-state index < -0.39 is 5.82 Å². The molecule has 2 aromatic rings. The van der Waals surface area contributed by atoms with E-state index in [2.05, 4.69) is 25.9 Å². The van der Waals surface area contributed by atoms with Crippen LogP contribution in [0.1, 0.15) is 5.56 Å². The average Bonchev–Trinajstić information content (AvgIpc) is 2.41. The van der Waals surface area contributed by atoms with Crippen LogP contribution in [0.15, 0.2) is 28.9 Å². The van der Waals surface area contributed by atoms with Gasteiger partial charge in [0.15, 0.2) is 5.75 Å². The number of benzene rings is 1. The predicted molar refractivity (Wildman–Crippen MR) is 67.5 cm³/mol. The molecule has 0 bridgehead atoms. The molecule has 1 aromatic carbocycles. The number of hydrogen-bond donors (Lipinski definition) is 0. The number of ether oxygens (including phenoxy) is 2. The molecule has 1 aromatic heterocycles. The van der Waals surface area contributed by atoms with Gasteiger partial charge in [0.05, 0.1) is 17.8 Å². The zero-order chi connectivity index (χ0) is 13.8. The van der Waals surface area contributed by atoms with Gasteiger partial charge < -0.3 is 9.47 Å². The van der Waals surface area contributed by atoms with Crippen LogP contribution < -0.4 is 9.47 Å². The number of aromatic nitrogens is 2. The Morgan fingerprint density at radius 1 is 1.42 bits per heavy atom. The minimum Gasteiger partial charge on any atom is -0.480 e. The van der Waals surface area contributed by atoms with E-state index in [1.165, 1.54) is 31.5 Å². The Kier molecular flexibility index (Phi) is 3.92. The summed E-state index contributed by atoms with van der Waals surface area (Å²) in [6, 6.07) is 5.75. The highest BCUT2D eigenvalue weighted by atomic mass is 79.9. The molecule has 0 saturated carbocycles. The minimum absolute atomic E-state index is 0.0397. The zero-order valence-electron chi connectivity index (χ0n) is 9.72. The Morgan fingerprint density at radius 3 is 2.89 bits per heavy atom. The summed E-state index contributed by atoms with van der Waals surface area (Å²) >= 11 is 3.20. The molecular weight excluding hydrogens is 317 g/mol. The van der Waals surface area contributed by atoms with Crippen molar-refractivity contribution < 1.29 is 13.9 Å². The minimum atomic E-state index is -0.663. The molecule has 0 unspecified atom stereocenters. The van der Waals surface area contributed by atoms with Crippen molar-refractivity contribution in [3.05, 3.63) is 40.2 Å². The van der Waals surface area contributed by atoms with E-state index in [0.717, 1.165) is 0 Å². The largest absolute Gasteiger partial charge is 0.480 e. The fourth-order valence-electron chi connectivity index (χ4n) is 1.32. The van der Waals surface area contributed by atoms with Crippen molar-refractivity contribution >= 4 is 15.9 Å². The quantitative estimate of drug-likeness (QED) is 0.868. The third-order valence-corrected chi connectivity index (χ3v) is 2.72. The first-order valence-corrected chi connectivity index (χ1v) is 5.88. The lowest BCUT2D eigenvalue weighted by molar-refractivity contribution is 0.372. The first kappa shape index (κ1) is 13.2. The molecule has 19 heavy (non-hydrogen) atoms. The fourth-order valence-corrected chi connectivity index (χ4v) is 1.68. The summed E-state index contributed by atoms with van der Waals surface area (Å²) in [5.41, 5.74) is -0.201. The molecule has 0 atom stereocenters. The van der Waals surface area contributed by atoms with E-state index in [1.54, 1.807) is 6.07 Å². The molecule has 7 heteroatoms. The molecule has 0 N–H and O–H groups in total. The summed E-state index contributed by atoms with van der Waals surface area (Å²) in [4.78, 5) is 7.85. The van der Waals surface area contributed by atoms with Gasteiger partial charge in [-0.05, 0) is 28.1 Å². The van der Waals surface area contributed by atoms with Gasteiger partial charge in [0, 0.05) is 0 Å². The van der Waals surface area contributed by atoms with E-state index in [1.807, 2.05) is 0 Å². The molecule has 96 valence electrons. The highest BCUT2D eigenvalue weighted by molar-refractivity contribution is 9.10. The van der Waals surface area contributed by atoms with Crippen LogP contribution in [0.2, 0.25) is 0 Å². The van der Waals surface area contributed by atoms with Gasteiger partial charge in [0.2, 0.25) is 5.88 Å². The lowest BCUT2D eigenvalue weighted by Crippen LogP contribution is -1.98. The Hall–Kier alpha value is -2.20. The number of rotatable bonds is 3.